The second-order valence-electron chi connectivity index (χ2n) is 3.11. The van der Waals surface area contributed by atoms with Crippen LogP contribution in [0.4, 0.5) is 0 Å². The van der Waals surface area contributed by atoms with Crippen molar-refractivity contribution in [3.8, 4) is 0 Å². The Labute approximate surface area is 69.3 Å². The van der Waals surface area contributed by atoms with Gasteiger partial charge >= 0.3 is 0 Å². The Morgan fingerprint density at radius 1 is 1.09 bits per heavy atom. The molecule has 1 aromatic carbocycles. The fourth-order valence-corrected chi connectivity index (χ4v) is 1.42. The molecule has 0 bridgehead atoms. The molecule has 0 amide bonds. The summed E-state index contributed by atoms with van der Waals surface area (Å²) in [5.41, 5.74) is 4.15. The van der Waals surface area contributed by atoms with E-state index in [1.165, 1.54) is 16.7 Å². The van der Waals surface area contributed by atoms with E-state index in [0.29, 0.717) is 0 Å². The molecule has 11 heavy (non-hydrogen) atoms. The van der Waals surface area contributed by atoms with Crippen molar-refractivity contribution in [1.29, 1.82) is 0 Å². The van der Waals surface area contributed by atoms with Crippen LogP contribution in [0.3, 0.4) is 0 Å². The summed E-state index contributed by atoms with van der Waals surface area (Å²) >= 11 is 0. The molecular formula is C11H15. The molecule has 0 aliphatic rings. The van der Waals surface area contributed by atoms with Gasteiger partial charge in [-0.25, -0.2) is 0 Å². The molecule has 0 nitrogen and oxygen atoms in total. The lowest BCUT2D eigenvalue weighted by molar-refractivity contribution is 1.12. The van der Waals surface area contributed by atoms with Gasteiger partial charge in [0.1, 0.15) is 0 Å². The van der Waals surface area contributed by atoms with Gasteiger partial charge in [0.2, 0.25) is 0 Å². The lowest BCUT2D eigenvalue weighted by Gasteiger charge is -2.02. The summed E-state index contributed by atoms with van der Waals surface area (Å²) in [7, 11) is 0. The van der Waals surface area contributed by atoms with Crippen LogP contribution in [-0.2, 0) is 6.42 Å². The van der Waals surface area contributed by atoms with Gasteiger partial charge in [-0.3, -0.25) is 0 Å². The zero-order valence-corrected chi connectivity index (χ0v) is 7.52. The molecule has 0 aliphatic carbocycles. The van der Waals surface area contributed by atoms with Crippen LogP contribution in [0.2, 0.25) is 0 Å². The van der Waals surface area contributed by atoms with Crippen LogP contribution in [0.1, 0.15) is 23.6 Å². The molecule has 0 fully saturated rings. The zero-order chi connectivity index (χ0) is 8.27. The third-order valence-corrected chi connectivity index (χ3v) is 1.72. The van der Waals surface area contributed by atoms with Crippen LogP contribution < -0.4 is 0 Å². The minimum Gasteiger partial charge on any atom is -0.0619 e. The summed E-state index contributed by atoms with van der Waals surface area (Å²) in [5, 5.41) is 0. The topological polar surface area (TPSA) is 0 Å². The third-order valence-electron chi connectivity index (χ3n) is 1.72. The largest absolute Gasteiger partial charge is 0.0619 e. The van der Waals surface area contributed by atoms with Crippen molar-refractivity contribution >= 4 is 0 Å². The average Bonchev–Trinajstić information content (AvgIpc) is 1.85. The van der Waals surface area contributed by atoms with E-state index in [2.05, 4.69) is 45.4 Å². The molecule has 0 atom stereocenters. The molecule has 0 heterocycles. The van der Waals surface area contributed by atoms with E-state index < -0.39 is 0 Å². The highest BCUT2D eigenvalue weighted by Gasteiger charge is 1.93. The Hall–Kier alpha value is -0.780. The lowest BCUT2D eigenvalue weighted by atomic mass is 10.0. The van der Waals surface area contributed by atoms with Crippen LogP contribution >= 0.6 is 0 Å². The standard InChI is InChI=1S/C11H15/c1-4-5-11-7-9(2)6-10(3)8-11/h4,6-8H,5H2,1-3H3. The normalized spacial score (nSPS) is 10.1. The fourth-order valence-electron chi connectivity index (χ4n) is 1.42. The second-order valence-corrected chi connectivity index (χ2v) is 3.11. The Morgan fingerprint density at radius 3 is 2.09 bits per heavy atom. The van der Waals surface area contributed by atoms with Crippen LogP contribution in [0.15, 0.2) is 18.2 Å². The highest BCUT2D eigenvalue weighted by molar-refractivity contribution is 5.29. The predicted octanol–water partition coefficient (Wildman–Crippen LogP) is 3.07. The highest BCUT2D eigenvalue weighted by atomic mass is 14.0. The monoisotopic (exact) mass is 147 g/mol. The molecule has 59 valence electrons. The van der Waals surface area contributed by atoms with Gasteiger partial charge < -0.3 is 0 Å². The van der Waals surface area contributed by atoms with Gasteiger partial charge in [0.05, 0.1) is 0 Å². The first-order valence-corrected chi connectivity index (χ1v) is 4.07. The molecule has 0 N–H and O–H groups in total. The van der Waals surface area contributed by atoms with E-state index >= 15 is 0 Å². The van der Waals surface area contributed by atoms with Crippen molar-refractivity contribution in [3.05, 3.63) is 41.3 Å². The minimum absolute atomic E-state index is 1.09. The number of rotatable bonds is 2. The van der Waals surface area contributed by atoms with E-state index in [0.717, 1.165) is 6.42 Å². The summed E-state index contributed by atoms with van der Waals surface area (Å²) in [4.78, 5) is 0. The fraction of sp³-hybridized carbons (Fsp3) is 0.364. The number of aryl methyl sites for hydroxylation is 2. The van der Waals surface area contributed by atoms with Crippen molar-refractivity contribution in [2.45, 2.75) is 27.2 Å². The summed E-state index contributed by atoms with van der Waals surface area (Å²) < 4.78 is 0. The van der Waals surface area contributed by atoms with Crippen LogP contribution in [-0.4, -0.2) is 0 Å². The van der Waals surface area contributed by atoms with E-state index in [1.807, 2.05) is 0 Å². The van der Waals surface area contributed by atoms with Gasteiger partial charge in [-0.1, -0.05) is 36.2 Å². The maximum Gasteiger partial charge on any atom is -0.0250 e. The molecule has 0 spiro atoms. The van der Waals surface area contributed by atoms with Crippen LogP contribution in [0.25, 0.3) is 0 Å². The first-order valence-electron chi connectivity index (χ1n) is 4.07. The van der Waals surface area contributed by atoms with Gasteiger partial charge in [0.25, 0.3) is 0 Å². The Balaban J connectivity index is 2.89. The summed E-state index contributed by atoms with van der Waals surface area (Å²) in [6.07, 6.45) is 3.27. The SMILES string of the molecule is C[CH]Cc1cc(C)cc(C)c1. The van der Waals surface area contributed by atoms with Gasteiger partial charge in [-0.15, -0.1) is 0 Å². The van der Waals surface area contributed by atoms with E-state index in [-0.39, 0.29) is 0 Å². The summed E-state index contributed by atoms with van der Waals surface area (Å²) in [6, 6.07) is 6.69. The van der Waals surface area contributed by atoms with E-state index in [4.69, 9.17) is 0 Å². The van der Waals surface area contributed by atoms with Crippen molar-refractivity contribution in [2.75, 3.05) is 0 Å². The first-order chi connectivity index (χ1) is 5.22. The van der Waals surface area contributed by atoms with Crippen molar-refractivity contribution in [2.24, 2.45) is 0 Å². The molecular weight excluding hydrogens is 132 g/mol. The first kappa shape index (κ1) is 8.32. The number of benzene rings is 1. The Bertz CT molecular complexity index is 216. The predicted molar refractivity (Wildman–Crippen MR) is 49.6 cm³/mol. The maximum absolute atomic E-state index is 2.24. The Morgan fingerprint density at radius 2 is 1.64 bits per heavy atom. The zero-order valence-electron chi connectivity index (χ0n) is 7.52. The van der Waals surface area contributed by atoms with Crippen LogP contribution in [0, 0.1) is 20.3 Å². The molecule has 0 saturated carbocycles. The third kappa shape index (κ3) is 2.38. The van der Waals surface area contributed by atoms with Gasteiger partial charge in [0, 0.05) is 0 Å². The molecule has 0 heteroatoms. The van der Waals surface area contributed by atoms with Crippen molar-refractivity contribution in [1.82, 2.24) is 0 Å². The molecule has 1 radical (unpaired) electrons. The quantitative estimate of drug-likeness (QED) is 0.603. The minimum atomic E-state index is 1.09. The Kier molecular flexibility index (Phi) is 2.70. The average molecular weight is 147 g/mol. The van der Waals surface area contributed by atoms with Gasteiger partial charge in [-0.2, -0.15) is 0 Å². The molecule has 0 saturated heterocycles. The molecule has 0 aliphatic heterocycles. The highest BCUT2D eigenvalue weighted by Crippen LogP contribution is 2.09. The number of hydrogen-bond acceptors (Lipinski definition) is 0. The maximum atomic E-state index is 2.24. The molecule has 0 aromatic heterocycles. The lowest BCUT2D eigenvalue weighted by Crippen LogP contribution is -1.86. The smallest absolute Gasteiger partial charge is 0.0250 e. The van der Waals surface area contributed by atoms with Crippen LogP contribution in [0.5, 0.6) is 0 Å². The molecule has 0 unspecified atom stereocenters. The second kappa shape index (κ2) is 3.56. The number of hydrogen-bond donors (Lipinski definition) is 0. The van der Waals surface area contributed by atoms with Gasteiger partial charge in [0.15, 0.2) is 0 Å². The van der Waals surface area contributed by atoms with E-state index in [1.54, 1.807) is 0 Å². The van der Waals surface area contributed by atoms with Crippen molar-refractivity contribution in [3.63, 3.8) is 0 Å². The van der Waals surface area contributed by atoms with Gasteiger partial charge in [-0.05, 0) is 32.3 Å². The molecule has 1 aromatic rings. The summed E-state index contributed by atoms with van der Waals surface area (Å²) in [6.45, 7) is 6.38. The summed E-state index contributed by atoms with van der Waals surface area (Å²) in [5.74, 6) is 0. The molecule has 1 rings (SSSR count). The van der Waals surface area contributed by atoms with Crippen molar-refractivity contribution < 1.29 is 0 Å². The van der Waals surface area contributed by atoms with E-state index in [9.17, 15) is 0 Å².